The normalized spacial score (nSPS) is 16.1. The van der Waals surface area contributed by atoms with Crippen LogP contribution in [0.4, 0.5) is 10.1 Å². The summed E-state index contributed by atoms with van der Waals surface area (Å²) in [5, 5.41) is 5.26. The Bertz CT molecular complexity index is 1080. The number of thiophene rings is 1. The van der Waals surface area contributed by atoms with Crippen molar-refractivity contribution in [1.82, 2.24) is 10.2 Å². The number of carbonyl (C=O) groups excluding carboxylic acids is 1. The number of nitrogens with zero attached hydrogens (tertiary/aromatic N) is 2. The number of benzene rings is 2. The van der Waals surface area contributed by atoms with E-state index in [-0.39, 0.29) is 23.8 Å². The molecule has 0 bridgehead atoms. The minimum absolute atomic E-state index is 0.0551. The van der Waals surface area contributed by atoms with Crippen LogP contribution >= 0.6 is 11.3 Å². The average molecular weight is 484 g/mol. The standard InChI is InChI=1S/C26H30FN3O3S/c1-18(28-26(31)19-6-11-22(32-2)23(17-19)33-3)25(24-5-4-16-34-24)30-14-12-29(13-15-30)21-9-7-20(27)8-10-21/h4-11,16-18,25H,12-15H2,1-3H3,(H,28,31)/t18-,25+/m1/s1. The maximum Gasteiger partial charge on any atom is 0.251 e. The molecule has 1 saturated heterocycles. The molecule has 2 aromatic carbocycles. The predicted molar refractivity (Wildman–Crippen MR) is 134 cm³/mol. The maximum atomic E-state index is 13.3. The third kappa shape index (κ3) is 5.34. The summed E-state index contributed by atoms with van der Waals surface area (Å²) in [6, 6.07) is 15.9. The molecular formula is C26H30FN3O3S. The van der Waals surface area contributed by atoms with Gasteiger partial charge in [0.25, 0.3) is 5.91 Å². The molecule has 1 aliphatic heterocycles. The summed E-state index contributed by atoms with van der Waals surface area (Å²) in [6.07, 6.45) is 0. The number of methoxy groups -OCH3 is 2. The molecule has 1 aromatic heterocycles. The van der Waals surface area contributed by atoms with Crippen LogP contribution in [0.1, 0.15) is 28.2 Å². The van der Waals surface area contributed by atoms with Crippen LogP contribution in [0.15, 0.2) is 60.0 Å². The molecule has 0 radical (unpaired) electrons. The van der Waals surface area contributed by atoms with E-state index < -0.39 is 0 Å². The number of rotatable bonds is 8. The van der Waals surface area contributed by atoms with E-state index in [9.17, 15) is 9.18 Å². The molecule has 2 heterocycles. The van der Waals surface area contributed by atoms with Gasteiger partial charge in [-0.2, -0.15) is 0 Å². The van der Waals surface area contributed by atoms with E-state index in [0.717, 1.165) is 31.9 Å². The first-order valence-corrected chi connectivity index (χ1v) is 12.2. The van der Waals surface area contributed by atoms with Crippen molar-refractivity contribution in [3.05, 3.63) is 76.2 Å². The highest BCUT2D eigenvalue weighted by Gasteiger charge is 2.31. The van der Waals surface area contributed by atoms with Crippen LogP contribution < -0.4 is 19.7 Å². The number of amides is 1. The first-order valence-electron chi connectivity index (χ1n) is 11.3. The van der Waals surface area contributed by atoms with Crippen molar-refractivity contribution in [3.8, 4) is 11.5 Å². The molecule has 0 unspecified atom stereocenters. The van der Waals surface area contributed by atoms with Gasteiger partial charge in [0, 0.05) is 48.3 Å². The third-order valence-corrected chi connectivity index (χ3v) is 7.16. The maximum absolute atomic E-state index is 13.3. The monoisotopic (exact) mass is 483 g/mol. The lowest BCUT2D eigenvalue weighted by Gasteiger charge is -2.42. The Morgan fingerprint density at radius 1 is 1.00 bits per heavy atom. The van der Waals surface area contributed by atoms with Gasteiger partial charge in [-0.25, -0.2) is 4.39 Å². The topological polar surface area (TPSA) is 54.0 Å². The van der Waals surface area contributed by atoms with Crippen LogP contribution in [0.2, 0.25) is 0 Å². The van der Waals surface area contributed by atoms with E-state index in [0.29, 0.717) is 17.1 Å². The Hall–Kier alpha value is -3.10. The fraction of sp³-hybridized carbons (Fsp3) is 0.346. The summed E-state index contributed by atoms with van der Waals surface area (Å²) in [4.78, 5) is 19.0. The largest absolute Gasteiger partial charge is 0.493 e. The van der Waals surface area contributed by atoms with Crippen LogP contribution in [0.25, 0.3) is 0 Å². The van der Waals surface area contributed by atoms with Gasteiger partial charge in [-0.05, 0) is 60.8 Å². The van der Waals surface area contributed by atoms with Gasteiger partial charge in [0.1, 0.15) is 5.82 Å². The second kappa shape index (κ2) is 10.9. The quantitative estimate of drug-likeness (QED) is 0.508. The van der Waals surface area contributed by atoms with E-state index in [1.165, 1.54) is 17.0 Å². The second-order valence-electron chi connectivity index (χ2n) is 8.29. The molecule has 4 rings (SSSR count). The van der Waals surface area contributed by atoms with Crippen LogP contribution in [0, 0.1) is 5.82 Å². The van der Waals surface area contributed by atoms with Crippen LogP contribution in [0.3, 0.4) is 0 Å². The number of piperazine rings is 1. The molecule has 0 aliphatic carbocycles. The van der Waals surface area contributed by atoms with Gasteiger partial charge >= 0.3 is 0 Å². The Labute approximate surface area is 203 Å². The third-order valence-electron chi connectivity index (χ3n) is 6.21. The van der Waals surface area contributed by atoms with Crippen molar-refractivity contribution >= 4 is 22.9 Å². The molecule has 8 heteroatoms. The zero-order valence-corrected chi connectivity index (χ0v) is 20.5. The molecule has 1 fully saturated rings. The fourth-order valence-electron chi connectivity index (χ4n) is 4.46. The molecule has 6 nitrogen and oxygen atoms in total. The fourth-order valence-corrected chi connectivity index (χ4v) is 5.42. The summed E-state index contributed by atoms with van der Waals surface area (Å²) in [5.41, 5.74) is 1.55. The van der Waals surface area contributed by atoms with Crippen molar-refractivity contribution in [1.29, 1.82) is 0 Å². The zero-order valence-electron chi connectivity index (χ0n) is 19.7. The second-order valence-corrected chi connectivity index (χ2v) is 9.27. The molecule has 0 spiro atoms. The van der Waals surface area contributed by atoms with E-state index in [4.69, 9.17) is 9.47 Å². The highest BCUT2D eigenvalue weighted by Crippen LogP contribution is 2.31. The molecule has 1 amide bonds. The summed E-state index contributed by atoms with van der Waals surface area (Å²) in [6.45, 7) is 5.41. The molecule has 3 aromatic rings. The summed E-state index contributed by atoms with van der Waals surface area (Å²) < 4.78 is 23.9. The van der Waals surface area contributed by atoms with Crippen molar-refractivity contribution in [2.24, 2.45) is 0 Å². The summed E-state index contributed by atoms with van der Waals surface area (Å²) in [5.74, 6) is 0.733. The molecule has 0 saturated carbocycles. The minimum atomic E-state index is -0.223. The lowest BCUT2D eigenvalue weighted by Crippen LogP contribution is -2.52. The Balaban J connectivity index is 1.46. The first-order chi connectivity index (χ1) is 16.5. The van der Waals surface area contributed by atoms with Gasteiger partial charge in [-0.1, -0.05) is 6.07 Å². The van der Waals surface area contributed by atoms with Gasteiger partial charge < -0.3 is 19.7 Å². The molecular weight excluding hydrogens is 453 g/mol. The van der Waals surface area contributed by atoms with Gasteiger partial charge in [-0.15, -0.1) is 11.3 Å². The van der Waals surface area contributed by atoms with E-state index in [2.05, 4.69) is 33.5 Å². The molecule has 2 atom stereocenters. The molecule has 1 N–H and O–H groups in total. The Morgan fingerprint density at radius 2 is 1.71 bits per heavy atom. The SMILES string of the molecule is COc1ccc(C(=O)N[C@H](C)[C@@H](c2cccs2)N2CCN(c3ccc(F)cc3)CC2)cc1OC. The number of carbonyl (C=O) groups is 1. The summed E-state index contributed by atoms with van der Waals surface area (Å²) >= 11 is 1.70. The lowest BCUT2D eigenvalue weighted by molar-refractivity contribution is 0.0890. The number of nitrogens with one attached hydrogen (secondary N) is 1. The Kier molecular flexibility index (Phi) is 7.70. The highest BCUT2D eigenvalue weighted by atomic mass is 32.1. The van der Waals surface area contributed by atoms with Crippen LogP contribution in [-0.4, -0.2) is 57.2 Å². The van der Waals surface area contributed by atoms with E-state index >= 15 is 0 Å². The minimum Gasteiger partial charge on any atom is -0.493 e. The molecule has 1 aliphatic rings. The number of ether oxygens (including phenoxy) is 2. The van der Waals surface area contributed by atoms with Crippen molar-refractivity contribution < 1.29 is 18.7 Å². The van der Waals surface area contributed by atoms with Gasteiger partial charge in [0.2, 0.25) is 0 Å². The summed E-state index contributed by atoms with van der Waals surface area (Å²) in [7, 11) is 3.13. The van der Waals surface area contributed by atoms with Gasteiger partial charge in [0.15, 0.2) is 11.5 Å². The zero-order chi connectivity index (χ0) is 24.1. The first kappa shape index (κ1) is 24.0. The van der Waals surface area contributed by atoms with Crippen LogP contribution in [0.5, 0.6) is 11.5 Å². The van der Waals surface area contributed by atoms with Crippen molar-refractivity contribution in [2.45, 2.75) is 19.0 Å². The van der Waals surface area contributed by atoms with Crippen molar-refractivity contribution in [3.63, 3.8) is 0 Å². The Morgan fingerprint density at radius 3 is 2.32 bits per heavy atom. The lowest BCUT2D eigenvalue weighted by atomic mass is 10.0. The van der Waals surface area contributed by atoms with E-state index in [1.807, 2.05) is 18.2 Å². The molecule has 34 heavy (non-hydrogen) atoms. The van der Waals surface area contributed by atoms with Gasteiger partial charge in [0.05, 0.1) is 20.3 Å². The smallest absolute Gasteiger partial charge is 0.251 e. The van der Waals surface area contributed by atoms with Crippen molar-refractivity contribution in [2.75, 3.05) is 45.3 Å². The number of hydrogen-bond acceptors (Lipinski definition) is 6. The number of hydrogen-bond donors (Lipinski definition) is 1. The number of halogens is 1. The van der Waals surface area contributed by atoms with Gasteiger partial charge in [-0.3, -0.25) is 9.69 Å². The number of anilines is 1. The highest BCUT2D eigenvalue weighted by molar-refractivity contribution is 7.10. The molecule has 180 valence electrons. The predicted octanol–water partition coefficient (Wildman–Crippen LogP) is 4.59. The van der Waals surface area contributed by atoms with Crippen LogP contribution in [-0.2, 0) is 0 Å². The van der Waals surface area contributed by atoms with E-state index in [1.54, 1.807) is 43.8 Å². The average Bonchev–Trinajstić information content (AvgIpc) is 3.39.